The second-order valence-corrected chi connectivity index (χ2v) is 9.10. The molecular weight excluding hydrogens is 469 g/mol. The number of carboxylic acid groups (broad SMARTS) is 1. The van der Waals surface area contributed by atoms with Gasteiger partial charge in [0.1, 0.15) is 0 Å². The van der Waals surface area contributed by atoms with Crippen LogP contribution in [0.4, 0.5) is 24.0 Å². The van der Waals surface area contributed by atoms with Crippen molar-refractivity contribution in [1.29, 1.82) is 0 Å². The Bertz CT molecular complexity index is 965. The molecule has 1 aromatic heterocycles. The topological polar surface area (TPSA) is 112 Å². The molecule has 8 nitrogen and oxygen atoms in total. The molecule has 0 amide bonds. The monoisotopic (exact) mass is 486 g/mol. The summed E-state index contributed by atoms with van der Waals surface area (Å²) in [7, 11) is -1.71. The molecule has 0 aliphatic carbocycles. The number of anilines is 2. The van der Waals surface area contributed by atoms with Crippen molar-refractivity contribution in [3.63, 3.8) is 0 Å². The van der Waals surface area contributed by atoms with Crippen molar-refractivity contribution in [3.8, 4) is 0 Å². The van der Waals surface area contributed by atoms with Gasteiger partial charge >= 0.3 is 12.1 Å². The van der Waals surface area contributed by atoms with Gasteiger partial charge in [-0.15, -0.1) is 11.3 Å². The summed E-state index contributed by atoms with van der Waals surface area (Å²) >= 11 is 7.55. The number of alkyl halides is 3. The summed E-state index contributed by atoms with van der Waals surface area (Å²) in [5, 5.41) is 12.9. The number of likely N-dealkylation sites (N-methyl/N-ethyl adjacent to an activating group) is 1. The molecule has 2 aromatic rings. The molecule has 0 radical (unpaired) electrons. The lowest BCUT2D eigenvalue weighted by molar-refractivity contribution is -0.192. The average Bonchev–Trinajstić information content (AvgIpc) is 3.34. The van der Waals surface area contributed by atoms with Crippen molar-refractivity contribution in [2.75, 3.05) is 29.8 Å². The van der Waals surface area contributed by atoms with E-state index in [1.807, 2.05) is 7.05 Å². The van der Waals surface area contributed by atoms with Crippen LogP contribution >= 0.6 is 22.9 Å². The zero-order chi connectivity index (χ0) is 22.5. The smallest absolute Gasteiger partial charge is 0.475 e. The Labute approximate surface area is 179 Å². The number of halogens is 4. The highest BCUT2D eigenvalue weighted by Gasteiger charge is 2.38. The summed E-state index contributed by atoms with van der Waals surface area (Å²) in [5.41, 5.74) is 0.827. The van der Waals surface area contributed by atoms with Gasteiger partial charge in [0, 0.05) is 31.2 Å². The number of hydrogen-bond donors (Lipinski definition) is 3. The van der Waals surface area contributed by atoms with E-state index in [4.69, 9.17) is 21.5 Å². The van der Waals surface area contributed by atoms with E-state index in [-0.39, 0.29) is 4.90 Å². The highest BCUT2D eigenvalue weighted by molar-refractivity contribution is 7.93. The van der Waals surface area contributed by atoms with Gasteiger partial charge in [-0.2, -0.15) is 13.2 Å². The Morgan fingerprint density at radius 1 is 1.43 bits per heavy atom. The van der Waals surface area contributed by atoms with E-state index in [9.17, 15) is 21.6 Å². The van der Waals surface area contributed by atoms with Crippen LogP contribution in [-0.2, 0) is 14.8 Å². The van der Waals surface area contributed by atoms with Gasteiger partial charge in [0.25, 0.3) is 10.0 Å². The molecule has 0 bridgehead atoms. The number of rotatable bonds is 5. The fraction of sp³-hybridized carbons (Fsp3) is 0.375. The van der Waals surface area contributed by atoms with Crippen LogP contribution in [0.15, 0.2) is 34.7 Å². The number of aromatic nitrogens is 1. The lowest BCUT2D eigenvalue weighted by Gasteiger charge is -2.27. The number of hydrogen-bond acceptors (Lipinski definition) is 7. The predicted molar refractivity (Wildman–Crippen MR) is 108 cm³/mol. The zero-order valence-electron chi connectivity index (χ0n) is 15.5. The first-order chi connectivity index (χ1) is 13.9. The van der Waals surface area contributed by atoms with E-state index in [1.165, 1.54) is 17.4 Å². The zero-order valence-corrected chi connectivity index (χ0v) is 17.9. The van der Waals surface area contributed by atoms with Gasteiger partial charge in [-0.1, -0.05) is 11.6 Å². The molecule has 2 heterocycles. The van der Waals surface area contributed by atoms with E-state index in [0.29, 0.717) is 16.2 Å². The first-order valence-corrected chi connectivity index (χ1v) is 11.1. The highest BCUT2D eigenvalue weighted by atomic mass is 35.5. The molecule has 0 saturated carbocycles. The second kappa shape index (κ2) is 9.81. The van der Waals surface area contributed by atoms with Crippen molar-refractivity contribution in [1.82, 2.24) is 10.3 Å². The molecule has 166 valence electrons. The number of benzene rings is 1. The van der Waals surface area contributed by atoms with Crippen LogP contribution < -0.4 is 14.9 Å². The Kier molecular flexibility index (Phi) is 7.91. The molecule has 3 rings (SSSR count). The summed E-state index contributed by atoms with van der Waals surface area (Å²) in [6.45, 7) is 1.88. The Morgan fingerprint density at radius 2 is 2.10 bits per heavy atom. The largest absolute Gasteiger partial charge is 0.490 e. The van der Waals surface area contributed by atoms with E-state index >= 15 is 0 Å². The third-order valence-corrected chi connectivity index (χ3v) is 6.55. The normalized spacial score (nSPS) is 16.5. The lowest BCUT2D eigenvalue weighted by Crippen LogP contribution is -2.33. The standard InChI is InChI=1S/C14H17ClN4O2S2.C2HF3O2/c1-19(10-4-5-16-9-10)13-3-2-11(8-12(13)15)23(20,21)18-14-17-6-7-22-14;3-2(4,5)1(6)7/h2-3,6-8,10,16H,4-5,9H2,1H3,(H,17,18);(H,6,7). The van der Waals surface area contributed by atoms with Crippen LogP contribution in [0.25, 0.3) is 0 Å². The minimum absolute atomic E-state index is 0.124. The highest BCUT2D eigenvalue weighted by Crippen LogP contribution is 2.30. The van der Waals surface area contributed by atoms with Gasteiger partial charge in [-0.3, -0.25) is 4.72 Å². The van der Waals surface area contributed by atoms with Gasteiger partial charge < -0.3 is 15.3 Å². The van der Waals surface area contributed by atoms with Crippen LogP contribution in [0.3, 0.4) is 0 Å². The molecule has 0 spiro atoms. The van der Waals surface area contributed by atoms with Gasteiger partial charge in [0.15, 0.2) is 5.13 Å². The molecule has 3 N–H and O–H groups in total. The molecular formula is C16H18ClF3N4O4S2. The summed E-state index contributed by atoms with van der Waals surface area (Å²) in [6, 6.07) is 5.15. The lowest BCUT2D eigenvalue weighted by atomic mass is 10.2. The molecule has 30 heavy (non-hydrogen) atoms. The van der Waals surface area contributed by atoms with Crippen molar-refractivity contribution in [2.45, 2.75) is 23.5 Å². The average molecular weight is 487 g/mol. The number of aliphatic carboxylic acids is 1. The number of carboxylic acids is 1. The van der Waals surface area contributed by atoms with E-state index < -0.39 is 22.2 Å². The van der Waals surface area contributed by atoms with Gasteiger partial charge in [-0.05, 0) is 31.2 Å². The molecule has 14 heteroatoms. The first-order valence-electron chi connectivity index (χ1n) is 8.37. The Balaban J connectivity index is 0.000000396. The van der Waals surface area contributed by atoms with E-state index in [1.54, 1.807) is 23.7 Å². The van der Waals surface area contributed by atoms with E-state index in [2.05, 4.69) is 19.9 Å². The van der Waals surface area contributed by atoms with Gasteiger partial charge in [0.2, 0.25) is 0 Å². The van der Waals surface area contributed by atoms with Crippen molar-refractivity contribution < 1.29 is 31.5 Å². The number of carbonyl (C=O) groups is 1. The summed E-state index contributed by atoms with van der Waals surface area (Å²) in [5.74, 6) is -2.76. The fourth-order valence-corrected chi connectivity index (χ4v) is 4.75. The van der Waals surface area contributed by atoms with Crippen molar-refractivity contribution in [2.24, 2.45) is 0 Å². The van der Waals surface area contributed by atoms with Gasteiger partial charge in [-0.25, -0.2) is 18.2 Å². The third kappa shape index (κ3) is 6.45. The van der Waals surface area contributed by atoms with Gasteiger partial charge in [0.05, 0.1) is 15.6 Å². The first kappa shape index (κ1) is 24.2. The second-order valence-electron chi connectivity index (χ2n) is 6.12. The predicted octanol–water partition coefficient (Wildman–Crippen LogP) is 3.03. The number of nitrogens with one attached hydrogen (secondary N) is 2. The van der Waals surface area contributed by atoms with Crippen LogP contribution in [0, 0.1) is 0 Å². The fourth-order valence-electron chi connectivity index (χ4n) is 2.56. The number of thiazole rings is 1. The molecule has 1 atom stereocenters. The minimum atomic E-state index is -5.08. The SMILES string of the molecule is CN(c1ccc(S(=O)(=O)Nc2nccs2)cc1Cl)C1CCNC1.O=C(O)C(F)(F)F. The molecule has 1 aliphatic heterocycles. The molecule has 1 fully saturated rings. The van der Waals surface area contributed by atoms with Crippen LogP contribution in [-0.4, -0.2) is 56.8 Å². The maximum atomic E-state index is 12.4. The minimum Gasteiger partial charge on any atom is -0.475 e. The Morgan fingerprint density at radius 3 is 2.57 bits per heavy atom. The van der Waals surface area contributed by atoms with Crippen LogP contribution in [0.5, 0.6) is 0 Å². The van der Waals surface area contributed by atoms with E-state index in [0.717, 1.165) is 25.2 Å². The molecule has 1 aliphatic rings. The summed E-state index contributed by atoms with van der Waals surface area (Å²) in [6.07, 6.45) is -2.50. The molecule has 1 aromatic carbocycles. The summed E-state index contributed by atoms with van der Waals surface area (Å²) < 4.78 is 58.9. The summed E-state index contributed by atoms with van der Waals surface area (Å²) in [4.78, 5) is 15.0. The maximum absolute atomic E-state index is 12.4. The maximum Gasteiger partial charge on any atom is 0.490 e. The molecule has 1 unspecified atom stereocenters. The van der Waals surface area contributed by atoms with Crippen molar-refractivity contribution >= 4 is 49.7 Å². The number of sulfonamides is 1. The third-order valence-electron chi connectivity index (χ3n) is 4.09. The number of nitrogens with zero attached hydrogens (tertiary/aromatic N) is 2. The van der Waals surface area contributed by atoms with Crippen molar-refractivity contribution in [3.05, 3.63) is 34.8 Å². The Hall–Kier alpha value is -2.09. The van der Waals surface area contributed by atoms with Crippen LogP contribution in [0.2, 0.25) is 5.02 Å². The molecule has 1 saturated heterocycles. The van der Waals surface area contributed by atoms with Crippen LogP contribution in [0.1, 0.15) is 6.42 Å². The quantitative estimate of drug-likeness (QED) is 0.595.